The first-order valence-corrected chi connectivity index (χ1v) is 6.69. The van der Waals surface area contributed by atoms with E-state index in [9.17, 15) is 5.11 Å². The molecule has 0 saturated carbocycles. The number of hydrogen-bond acceptors (Lipinski definition) is 3. The summed E-state index contributed by atoms with van der Waals surface area (Å²) in [7, 11) is 4.07. The van der Waals surface area contributed by atoms with Crippen LogP contribution in [0.3, 0.4) is 0 Å². The number of aliphatic hydroxyl groups is 1. The summed E-state index contributed by atoms with van der Waals surface area (Å²) in [5, 5.41) is 13.1. The zero-order valence-corrected chi connectivity index (χ0v) is 12.0. The molecule has 0 saturated heterocycles. The fourth-order valence-electron chi connectivity index (χ4n) is 1.75. The molecule has 3 heteroatoms. The van der Waals surface area contributed by atoms with Crippen LogP contribution in [0.4, 0.5) is 5.69 Å². The third kappa shape index (κ3) is 4.67. The van der Waals surface area contributed by atoms with E-state index in [1.165, 1.54) is 11.3 Å². The van der Waals surface area contributed by atoms with Gasteiger partial charge in [0.25, 0.3) is 0 Å². The topological polar surface area (TPSA) is 35.5 Å². The minimum absolute atomic E-state index is 0.254. The Morgan fingerprint density at radius 2 is 1.83 bits per heavy atom. The van der Waals surface area contributed by atoms with Gasteiger partial charge in [0.1, 0.15) is 0 Å². The van der Waals surface area contributed by atoms with Gasteiger partial charge in [-0.2, -0.15) is 0 Å². The van der Waals surface area contributed by atoms with Crippen LogP contribution in [0.1, 0.15) is 25.8 Å². The molecular weight excluding hydrogens is 224 g/mol. The van der Waals surface area contributed by atoms with Crippen LogP contribution >= 0.6 is 0 Å². The van der Waals surface area contributed by atoms with E-state index in [0.717, 1.165) is 13.0 Å². The van der Waals surface area contributed by atoms with E-state index in [2.05, 4.69) is 48.3 Å². The van der Waals surface area contributed by atoms with Crippen LogP contribution in [-0.2, 0) is 6.54 Å². The van der Waals surface area contributed by atoms with Crippen LogP contribution in [0.5, 0.6) is 0 Å². The molecule has 1 aromatic rings. The fourth-order valence-corrected chi connectivity index (χ4v) is 1.75. The molecule has 0 aliphatic carbocycles. The molecular formula is C15H26N2O. The molecule has 1 aromatic carbocycles. The largest absolute Gasteiger partial charge is 0.392 e. The van der Waals surface area contributed by atoms with Crippen LogP contribution in [0, 0.1) is 5.92 Å². The molecule has 2 atom stereocenters. The number of benzene rings is 1. The molecule has 18 heavy (non-hydrogen) atoms. The van der Waals surface area contributed by atoms with Crippen molar-refractivity contribution in [1.29, 1.82) is 0 Å². The molecule has 0 aliphatic rings. The van der Waals surface area contributed by atoms with Gasteiger partial charge in [0.2, 0.25) is 0 Å². The molecule has 0 spiro atoms. The summed E-state index contributed by atoms with van der Waals surface area (Å²) >= 11 is 0. The first-order chi connectivity index (χ1) is 8.54. The molecule has 0 bridgehead atoms. The Kier molecular flexibility index (Phi) is 6.16. The second-order valence-electron chi connectivity index (χ2n) is 5.14. The van der Waals surface area contributed by atoms with E-state index in [0.29, 0.717) is 12.5 Å². The predicted octanol–water partition coefficient (Wildman–Crippen LogP) is 2.25. The second-order valence-corrected chi connectivity index (χ2v) is 5.14. The smallest absolute Gasteiger partial charge is 0.0690 e. The highest BCUT2D eigenvalue weighted by Gasteiger charge is 2.10. The van der Waals surface area contributed by atoms with E-state index in [-0.39, 0.29) is 6.10 Å². The van der Waals surface area contributed by atoms with Crippen LogP contribution in [0.2, 0.25) is 0 Å². The normalized spacial score (nSPS) is 14.3. The molecule has 0 aromatic heterocycles. The van der Waals surface area contributed by atoms with Crippen molar-refractivity contribution in [2.75, 3.05) is 25.5 Å². The molecule has 0 heterocycles. The Labute approximate surface area is 111 Å². The highest BCUT2D eigenvalue weighted by atomic mass is 16.3. The molecule has 0 radical (unpaired) electrons. The minimum Gasteiger partial charge on any atom is -0.392 e. The van der Waals surface area contributed by atoms with Gasteiger partial charge in [-0.1, -0.05) is 32.4 Å². The van der Waals surface area contributed by atoms with Crippen molar-refractivity contribution >= 4 is 5.69 Å². The number of rotatable bonds is 7. The highest BCUT2D eigenvalue weighted by molar-refractivity contribution is 5.45. The standard InChI is InChI=1S/C15H26N2O/c1-5-12(2)15(18)11-16-10-13-6-8-14(9-7-13)17(3)4/h6-9,12,15-16,18H,5,10-11H2,1-4H3. The first-order valence-electron chi connectivity index (χ1n) is 6.69. The average Bonchev–Trinajstić information content (AvgIpc) is 2.38. The molecule has 2 unspecified atom stereocenters. The summed E-state index contributed by atoms with van der Waals surface area (Å²) in [6.07, 6.45) is 0.761. The molecule has 0 fully saturated rings. The molecule has 0 aliphatic heterocycles. The Morgan fingerprint density at radius 1 is 1.22 bits per heavy atom. The van der Waals surface area contributed by atoms with Crippen LogP contribution < -0.4 is 10.2 Å². The zero-order valence-electron chi connectivity index (χ0n) is 12.0. The van der Waals surface area contributed by atoms with Gasteiger partial charge in [-0.25, -0.2) is 0 Å². The number of hydrogen-bond donors (Lipinski definition) is 2. The summed E-state index contributed by atoms with van der Waals surface area (Å²) in [4.78, 5) is 2.09. The number of nitrogens with zero attached hydrogens (tertiary/aromatic N) is 1. The van der Waals surface area contributed by atoms with Crippen molar-refractivity contribution in [3.8, 4) is 0 Å². The summed E-state index contributed by atoms with van der Waals surface area (Å²) in [5.41, 5.74) is 2.45. The van der Waals surface area contributed by atoms with Crippen molar-refractivity contribution in [2.24, 2.45) is 5.92 Å². The Balaban J connectivity index is 2.35. The number of anilines is 1. The number of aliphatic hydroxyl groups excluding tert-OH is 1. The molecule has 0 amide bonds. The van der Waals surface area contributed by atoms with Gasteiger partial charge in [0, 0.05) is 32.9 Å². The van der Waals surface area contributed by atoms with E-state index >= 15 is 0 Å². The lowest BCUT2D eigenvalue weighted by Gasteiger charge is -2.18. The maximum atomic E-state index is 9.84. The summed E-state index contributed by atoms with van der Waals surface area (Å²) in [5.74, 6) is 0.355. The SMILES string of the molecule is CCC(C)C(O)CNCc1ccc(N(C)C)cc1. The Bertz CT molecular complexity index is 335. The average molecular weight is 250 g/mol. The van der Waals surface area contributed by atoms with Crippen molar-refractivity contribution in [3.05, 3.63) is 29.8 Å². The fraction of sp³-hybridized carbons (Fsp3) is 0.600. The minimum atomic E-state index is -0.254. The lowest BCUT2D eigenvalue weighted by Crippen LogP contribution is -2.31. The first kappa shape index (κ1) is 15.0. The Hall–Kier alpha value is -1.06. The van der Waals surface area contributed by atoms with Gasteiger partial charge in [0.15, 0.2) is 0 Å². The van der Waals surface area contributed by atoms with Crippen molar-refractivity contribution in [1.82, 2.24) is 5.32 Å². The van der Waals surface area contributed by atoms with Crippen LogP contribution in [0.15, 0.2) is 24.3 Å². The molecule has 1 rings (SSSR count). The summed E-state index contributed by atoms with van der Waals surface area (Å²) in [6.45, 7) is 5.65. The van der Waals surface area contributed by atoms with Crippen LogP contribution in [0.25, 0.3) is 0 Å². The quantitative estimate of drug-likeness (QED) is 0.779. The van der Waals surface area contributed by atoms with Gasteiger partial charge in [-0.15, -0.1) is 0 Å². The lowest BCUT2D eigenvalue weighted by molar-refractivity contribution is 0.113. The van der Waals surface area contributed by atoms with Gasteiger partial charge < -0.3 is 15.3 Å². The maximum Gasteiger partial charge on any atom is 0.0690 e. The molecule has 102 valence electrons. The molecule has 2 N–H and O–H groups in total. The van der Waals surface area contributed by atoms with Gasteiger partial charge >= 0.3 is 0 Å². The Morgan fingerprint density at radius 3 is 2.33 bits per heavy atom. The number of nitrogens with one attached hydrogen (secondary N) is 1. The third-order valence-electron chi connectivity index (χ3n) is 3.44. The van der Waals surface area contributed by atoms with E-state index < -0.39 is 0 Å². The van der Waals surface area contributed by atoms with Crippen molar-refractivity contribution in [2.45, 2.75) is 32.9 Å². The predicted molar refractivity (Wildman–Crippen MR) is 77.9 cm³/mol. The summed E-state index contributed by atoms with van der Waals surface area (Å²) < 4.78 is 0. The van der Waals surface area contributed by atoms with Crippen molar-refractivity contribution in [3.63, 3.8) is 0 Å². The lowest BCUT2D eigenvalue weighted by atomic mass is 10.0. The third-order valence-corrected chi connectivity index (χ3v) is 3.44. The van der Waals surface area contributed by atoms with Gasteiger partial charge in [-0.3, -0.25) is 0 Å². The highest BCUT2D eigenvalue weighted by Crippen LogP contribution is 2.12. The van der Waals surface area contributed by atoms with Crippen molar-refractivity contribution < 1.29 is 5.11 Å². The van der Waals surface area contributed by atoms with E-state index in [4.69, 9.17) is 0 Å². The van der Waals surface area contributed by atoms with E-state index in [1.807, 2.05) is 14.1 Å². The van der Waals surface area contributed by atoms with E-state index in [1.54, 1.807) is 0 Å². The summed E-state index contributed by atoms with van der Waals surface area (Å²) in [6, 6.07) is 8.47. The second kappa shape index (κ2) is 7.39. The maximum absolute atomic E-state index is 9.84. The van der Waals surface area contributed by atoms with Gasteiger partial charge in [-0.05, 0) is 23.6 Å². The van der Waals surface area contributed by atoms with Gasteiger partial charge in [0.05, 0.1) is 6.10 Å². The monoisotopic (exact) mass is 250 g/mol. The van der Waals surface area contributed by atoms with Crippen LogP contribution in [-0.4, -0.2) is 31.9 Å². The zero-order chi connectivity index (χ0) is 13.5. The molecule has 3 nitrogen and oxygen atoms in total.